The average molecular weight is 313 g/mol. The van der Waals surface area contributed by atoms with Crippen LogP contribution in [0.1, 0.15) is 28.4 Å². The van der Waals surface area contributed by atoms with Crippen LogP contribution >= 0.6 is 11.8 Å². The van der Waals surface area contributed by atoms with Gasteiger partial charge in [0, 0.05) is 17.0 Å². The van der Waals surface area contributed by atoms with E-state index < -0.39 is 0 Å². The van der Waals surface area contributed by atoms with Crippen molar-refractivity contribution < 1.29 is 9.59 Å². The Labute approximate surface area is 135 Å². The van der Waals surface area contributed by atoms with Crippen molar-refractivity contribution in [2.24, 2.45) is 0 Å². The van der Waals surface area contributed by atoms with Crippen molar-refractivity contribution in [3.8, 4) is 0 Å². The number of Topliss-reactive ketones (excluding diaryl/α,β-unsaturated/α-hetero) is 1. The summed E-state index contributed by atoms with van der Waals surface area (Å²) < 4.78 is 0. The van der Waals surface area contributed by atoms with Gasteiger partial charge in [-0.25, -0.2) is 0 Å². The Morgan fingerprint density at radius 3 is 2.23 bits per heavy atom. The van der Waals surface area contributed by atoms with E-state index in [-0.39, 0.29) is 11.7 Å². The fourth-order valence-electron chi connectivity index (χ4n) is 1.93. The first kappa shape index (κ1) is 16.3. The van der Waals surface area contributed by atoms with E-state index >= 15 is 0 Å². The Kier molecular flexibility index (Phi) is 5.78. The van der Waals surface area contributed by atoms with Crippen LogP contribution in [0, 0.1) is 6.92 Å². The number of benzene rings is 2. The van der Waals surface area contributed by atoms with E-state index in [9.17, 15) is 9.59 Å². The molecule has 0 aliphatic rings. The largest absolute Gasteiger partial charge is 0.325 e. The molecule has 1 N–H and O–H groups in total. The smallest absolute Gasteiger partial charge is 0.234 e. The Hall–Kier alpha value is -2.07. The maximum absolute atomic E-state index is 11.9. The Morgan fingerprint density at radius 1 is 1.00 bits per heavy atom. The molecular formula is C18H19NO2S. The summed E-state index contributed by atoms with van der Waals surface area (Å²) in [6.07, 6.45) is 0. The van der Waals surface area contributed by atoms with Gasteiger partial charge in [-0.1, -0.05) is 29.8 Å². The van der Waals surface area contributed by atoms with E-state index in [0.717, 1.165) is 5.75 Å². The quantitative estimate of drug-likeness (QED) is 0.818. The highest BCUT2D eigenvalue weighted by molar-refractivity contribution is 7.99. The van der Waals surface area contributed by atoms with Gasteiger partial charge in [0.25, 0.3) is 0 Å². The number of amides is 1. The second-order valence-corrected chi connectivity index (χ2v) is 6.15. The lowest BCUT2D eigenvalue weighted by Crippen LogP contribution is -2.14. The number of thioether (sulfide) groups is 1. The number of nitrogens with one attached hydrogen (secondary N) is 1. The van der Waals surface area contributed by atoms with Crippen LogP contribution in [0.5, 0.6) is 0 Å². The number of hydrogen-bond donors (Lipinski definition) is 1. The normalized spacial score (nSPS) is 10.3. The Morgan fingerprint density at radius 2 is 1.64 bits per heavy atom. The van der Waals surface area contributed by atoms with E-state index in [1.165, 1.54) is 18.1 Å². The number of aryl methyl sites for hydroxylation is 1. The number of hydrogen-bond acceptors (Lipinski definition) is 3. The summed E-state index contributed by atoms with van der Waals surface area (Å²) in [6.45, 7) is 3.58. The summed E-state index contributed by atoms with van der Waals surface area (Å²) in [5.41, 5.74) is 3.81. The molecule has 2 rings (SSSR count). The van der Waals surface area contributed by atoms with Crippen molar-refractivity contribution in [2.75, 3.05) is 11.1 Å². The van der Waals surface area contributed by atoms with Gasteiger partial charge in [0.1, 0.15) is 0 Å². The van der Waals surface area contributed by atoms with Crippen molar-refractivity contribution in [1.29, 1.82) is 0 Å². The number of carbonyl (C=O) groups is 2. The van der Waals surface area contributed by atoms with Gasteiger partial charge in [-0.05, 0) is 43.7 Å². The predicted molar refractivity (Wildman–Crippen MR) is 92.4 cm³/mol. The molecule has 0 unspecified atom stereocenters. The second kappa shape index (κ2) is 7.80. The molecule has 0 saturated carbocycles. The molecule has 0 atom stereocenters. The average Bonchev–Trinajstić information content (AvgIpc) is 2.50. The Balaban J connectivity index is 1.77. The molecule has 1 amide bonds. The molecule has 0 aromatic heterocycles. The zero-order chi connectivity index (χ0) is 15.9. The second-order valence-electron chi connectivity index (χ2n) is 5.16. The minimum atomic E-state index is -0.0345. The van der Waals surface area contributed by atoms with E-state index in [0.29, 0.717) is 17.0 Å². The summed E-state index contributed by atoms with van der Waals surface area (Å²) in [6, 6.07) is 15.3. The summed E-state index contributed by atoms with van der Waals surface area (Å²) in [5, 5.41) is 2.83. The van der Waals surface area contributed by atoms with Crippen molar-refractivity contribution in [1.82, 2.24) is 0 Å². The van der Waals surface area contributed by atoms with E-state index in [1.54, 1.807) is 36.0 Å². The summed E-state index contributed by atoms with van der Waals surface area (Å²) in [7, 11) is 0. The van der Waals surface area contributed by atoms with Gasteiger partial charge in [0.2, 0.25) is 5.91 Å². The Bertz CT molecular complexity index is 648. The summed E-state index contributed by atoms with van der Waals surface area (Å²) in [4.78, 5) is 23.1. The lowest BCUT2D eigenvalue weighted by Gasteiger charge is -2.06. The van der Waals surface area contributed by atoms with Crippen LogP contribution in [-0.2, 0) is 10.5 Å². The molecule has 0 spiro atoms. The highest BCUT2D eigenvalue weighted by atomic mass is 32.2. The molecule has 0 radical (unpaired) electrons. The minimum absolute atomic E-state index is 0.0199. The SMILES string of the molecule is CC(=O)c1ccc(NC(=O)CSCc2ccc(C)cc2)cc1. The molecule has 4 heteroatoms. The van der Waals surface area contributed by atoms with Crippen LogP contribution in [0.2, 0.25) is 0 Å². The van der Waals surface area contributed by atoms with Gasteiger partial charge in [-0.2, -0.15) is 0 Å². The van der Waals surface area contributed by atoms with Crippen LogP contribution in [0.3, 0.4) is 0 Å². The lowest BCUT2D eigenvalue weighted by molar-refractivity contribution is -0.113. The van der Waals surface area contributed by atoms with Gasteiger partial charge < -0.3 is 5.32 Å². The molecule has 0 aliphatic carbocycles. The van der Waals surface area contributed by atoms with Crippen molar-refractivity contribution >= 4 is 29.1 Å². The van der Waals surface area contributed by atoms with Gasteiger partial charge in [0.15, 0.2) is 5.78 Å². The third-order valence-corrected chi connectivity index (χ3v) is 4.20. The van der Waals surface area contributed by atoms with Gasteiger partial charge in [-0.15, -0.1) is 11.8 Å². The molecule has 3 nitrogen and oxygen atoms in total. The van der Waals surface area contributed by atoms with Crippen molar-refractivity contribution in [3.63, 3.8) is 0 Å². The monoisotopic (exact) mass is 313 g/mol. The van der Waals surface area contributed by atoms with Crippen LogP contribution in [-0.4, -0.2) is 17.4 Å². The van der Waals surface area contributed by atoms with Crippen LogP contribution in [0.25, 0.3) is 0 Å². The van der Waals surface area contributed by atoms with E-state index in [2.05, 4.69) is 36.5 Å². The zero-order valence-corrected chi connectivity index (χ0v) is 13.6. The first-order valence-corrected chi connectivity index (χ1v) is 8.24. The fourth-order valence-corrected chi connectivity index (χ4v) is 2.72. The summed E-state index contributed by atoms with van der Waals surface area (Å²) >= 11 is 1.58. The summed E-state index contributed by atoms with van der Waals surface area (Å²) in [5.74, 6) is 1.21. The zero-order valence-electron chi connectivity index (χ0n) is 12.8. The van der Waals surface area contributed by atoms with Gasteiger partial charge in [0.05, 0.1) is 5.75 Å². The number of anilines is 1. The third-order valence-electron chi connectivity index (χ3n) is 3.20. The van der Waals surface area contributed by atoms with E-state index in [4.69, 9.17) is 0 Å². The predicted octanol–water partition coefficient (Wildman–Crippen LogP) is 4.07. The lowest BCUT2D eigenvalue weighted by atomic mass is 10.1. The number of carbonyl (C=O) groups excluding carboxylic acids is 2. The molecule has 0 heterocycles. The third kappa shape index (κ3) is 5.04. The number of rotatable bonds is 6. The van der Waals surface area contributed by atoms with Gasteiger partial charge >= 0.3 is 0 Å². The molecule has 22 heavy (non-hydrogen) atoms. The number of ketones is 1. The fraction of sp³-hybridized carbons (Fsp3) is 0.222. The minimum Gasteiger partial charge on any atom is -0.325 e. The van der Waals surface area contributed by atoms with Crippen molar-refractivity contribution in [2.45, 2.75) is 19.6 Å². The maximum atomic E-state index is 11.9. The molecule has 0 bridgehead atoms. The highest BCUT2D eigenvalue weighted by Crippen LogP contribution is 2.14. The molecule has 2 aromatic rings. The van der Waals surface area contributed by atoms with E-state index in [1.807, 2.05) is 0 Å². The molecule has 0 fully saturated rings. The van der Waals surface area contributed by atoms with Crippen LogP contribution < -0.4 is 5.32 Å². The first-order chi connectivity index (χ1) is 10.5. The maximum Gasteiger partial charge on any atom is 0.234 e. The molecule has 114 valence electrons. The van der Waals surface area contributed by atoms with Gasteiger partial charge in [-0.3, -0.25) is 9.59 Å². The molecule has 2 aromatic carbocycles. The van der Waals surface area contributed by atoms with Crippen molar-refractivity contribution in [3.05, 3.63) is 65.2 Å². The van der Waals surface area contributed by atoms with Crippen LogP contribution in [0.15, 0.2) is 48.5 Å². The molecular weight excluding hydrogens is 294 g/mol. The van der Waals surface area contributed by atoms with Crippen LogP contribution in [0.4, 0.5) is 5.69 Å². The standard InChI is InChI=1S/C18H19NO2S/c1-13-3-5-15(6-4-13)11-22-12-18(21)19-17-9-7-16(8-10-17)14(2)20/h3-10H,11-12H2,1-2H3,(H,19,21). The molecule has 0 saturated heterocycles. The molecule has 0 aliphatic heterocycles. The first-order valence-electron chi connectivity index (χ1n) is 7.09. The highest BCUT2D eigenvalue weighted by Gasteiger charge is 2.04. The topological polar surface area (TPSA) is 46.2 Å².